The minimum absolute atomic E-state index is 0.154. The van der Waals surface area contributed by atoms with E-state index in [4.69, 9.17) is 10.5 Å². The monoisotopic (exact) mass is 237 g/mol. The summed E-state index contributed by atoms with van der Waals surface area (Å²) < 4.78 is 4.96. The Morgan fingerprint density at radius 3 is 2.65 bits per heavy atom. The molecule has 0 aromatic heterocycles. The van der Waals surface area contributed by atoms with Crippen molar-refractivity contribution in [1.29, 1.82) is 0 Å². The molecule has 0 aliphatic heterocycles. The van der Waals surface area contributed by atoms with Crippen LogP contribution in [0.2, 0.25) is 0 Å². The first-order valence-electron chi connectivity index (χ1n) is 5.58. The normalized spacial score (nSPS) is 10.0. The summed E-state index contributed by atoms with van der Waals surface area (Å²) in [6, 6.07) is 9.18. The predicted molar refractivity (Wildman–Crippen MR) is 68.0 cm³/mol. The second-order valence-corrected chi connectivity index (χ2v) is 3.56. The summed E-state index contributed by atoms with van der Waals surface area (Å²) in [6.07, 6.45) is 0. The van der Waals surface area contributed by atoms with Gasteiger partial charge in [-0.25, -0.2) is 4.79 Å². The third kappa shape index (κ3) is 4.84. The number of carbonyl (C=O) groups is 1. The molecule has 0 saturated carbocycles. The van der Waals surface area contributed by atoms with Crippen LogP contribution in [-0.2, 0) is 4.74 Å². The Kier molecular flexibility index (Phi) is 6.06. The number of methoxy groups -OCH3 is 1. The molecule has 5 heteroatoms. The summed E-state index contributed by atoms with van der Waals surface area (Å²) in [5, 5.41) is 2.81. The van der Waals surface area contributed by atoms with Crippen molar-refractivity contribution in [2.24, 2.45) is 5.73 Å². The first-order valence-corrected chi connectivity index (χ1v) is 5.58. The largest absolute Gasteiger partial charge is 0.383 e. The standard InChI is InChI=1S/C12H19N3O2/c1-17-10-9-15(8-7-13)12(16)14-11-5-3-2-4-6-11/h2-6H,7-10,13H2,1H3,(H,14,16). The molecule has 0 radical (unpaired) electrons. The van der Waals surface area contributed by atoms with Gasteiger partial charge >= 0.3 is 6.03 Å². The average molecular weight is 237 g/mol. The van der Waals surface area contributed by atoms with E-state index in [1.54, 1.807) is 12.0 Å². The summed E-state index contributed by atoms with van der Waals surface area (Å²) in [4.78, 5) is 13.5. The molecule has 0 aliphatic carbocycles. The third-order valence-corrected chi connectivity index (χ3v) is 2.28. The number of ether oxygens (including phenoxy) is 1. The quantitative estimate of drug-likeness (QED) is 0.779. The zero-order valence-electron chi connectivity index (χ0n) is 10.1. The van der Waals surface area contributed by atoms with E-state index in [9.17, 15) is 4.79 Å². The maximum atomic E-state index is 11.9. The van der Waals surface area contributed by atoms with Gasteiger partial charge in [0.2, 0.25) is 0 Å². The van der Waals surface area contributed by atoms with Crippen molar-refractivity contribution in [3.05, 3.63) is 30.3 Å². The Labute approximate surface area is 102 Å². The molecule has 94 valence electrons. The lowest BCUT2D eigenvalue weighted by atomic mass is 10.3. The molecule has 1 aromatic rings. The zero-order valence-corrected chi connectivity index (χ0v) is 10.1. The van der Waals surface area contributed by atoms with Crippen LogP contribution >= 0.6 is 0 Å². The number of rotatable bonds is 6. The summed E-state index contributed by atoms with van der Waals surface area (Å²) in [7, 11) is 1.61. The molecular formula is C12H19N3O2. The highest BCUT2D eigenvalue weighted by molar-refractivity contribution is 5.89. The number of hydrogen-bond donors (Lipinski definition) is 2. The van der Waals surface area contributed by atoms with Crippen molar-refractivity contribution in [1.82, 2.24) is 4.90 Å². The fraction of sp³-hybridized carbons (Fsp3) is 0.417. The first-order chi connectivity index (χ1) is 8.27. The molecule has 3 N–H and O–H groups in total. The van der Waals surface area contributed by atoms with Crippen LogP contribution < -0.4 is 11.1 Å². The smallest absolute Gasteiger partial charge is 0.321 e. The van der Waals surface area contributed by atoms with Gasteiger partial charge in [-0.15, -0.1) is 0 Å². The number of nitrogens with one attached hydrogen (secondary N) is 1. The lowest BCUT2D eigenvalue weighted by Crippen LogP contribution is -2.40. The molecule has 0 spiro atoms. The molecule has 0 aliphatic rings. The van der Waals surface area contributed by atoms with Crippen LogP contribution in [0.25, 0.3) is 0 Å². The van der Waals surface area contributed by atoms with Crippen LogP contribution in [0.3, 0.4) is 0 Å². The molecule has 0 atom stereocenters. The summed E-state index contributed by atoms with van der Waals surface area (Å²) in [5.74, 6) is 0. The highest BCUT2D eigenvalue weighted by Crippen LogP contribution is 2.06. The summed E-state index contributed by atoms with van der Waals surface area (Å²) >= 11 is 0. The fourth-order valence-electron chi connectivity index (χ4n) is 1.40. The molecule has 17 heavy (non-hydrogen) atoms. The van der Waals surface area contributed by atoms with Crippen molar-refractivity contribution < 1.29 is 9.53 Å². The van der Waals surface area contributed by atoms with E-state index >= 15 is 0 Å². The van der Waals surface area contributed by atoms with E-state index in [1.165, 1.54) is 0 Å². The summed E-state index contributed by atoms with van der Waals surface area (Å²) in [5.41, 5.74) is 6.24. The molecule has 2 amide bonds. The second kappa shape index (κ2) is 7.65. The van der Waals surface area contributed by atoms with E-state index in [-0.39, 0.29) is 6.03 Å². The van der Waals surface area contributed by atoms with Crippen molar-refractivity contribution >= 4 is 11.7 Å². The number of para-hydroxylation sites is 1. The number of nitrogens with zero attached hydrogens (tertiary/aromatic N) is 1. The van der Waals surface area contributed by atoms with Gasteiger partial charge in [-0.1, -0.05) is 18.2 Å². The van der Waals surface area contributed by atoms with E-state index in [1.807, 2.05) is 30.3 Å². The Hall–Kier alpha value is -1.59. The molecule has 5 nitrogen and oxygen atoms in total. The number of nitrogens with two attached hydrogens (primary N) is 1. The van der Waals surface area contributed by atoms with Crippen LogP contribution in [0, 0.1) is 0 Å². The van der Waals surface area contributed by atoms with Crippen LogP contribution in [0.1, 0.15) is 0 Å². The van der Waals surface area contributed by atoms with Gasteiger partial charge < -0.3 is 20.7 Å². The third-order valence-electron chi connectivity index (χ3n) is 2.28. The topological polar surface area (TPSA) is 67.6 Å². The van der Waals surface area contributed by atoms with E-state index in [0.717, 1.165) is 5.69 Å². The fourth-order valence-corrected chi connectivity index (χ4v) is 1.40. The maximum absolute atomic E-state index is 11.9. The van der Waals surface area contributed by atoms with Crippen molar-refractivity contribution in [3.8, 4) is 0 Å². The molecule has 0 bridgehead atoms. The van der Waals surface area contributed by atoms with Crippen molar-refractivity contribution in [2.45, 2.75) is 0 Å². The van der Waals surface area contributed by atoms with Gasteiger partial charge in [0.25, 0.3) is 0 Å². The van der Waals surface area contributed by atoms with Gasteiger partial charge in [-0.2, -0.15) is 0 Å². The van der Waals surface area contributed by atoms with Gasteiger partial charge in [0.1, 0.15) is 0 Å². The molecule has 0 saturated heterocycles. The van der Waals surface area contributed by atoms with E-state index in [2.05, 4.69) is 5.32 Å². The Balaban J connectivity index is 2.52. The zero-order chi connectivity index (χ0) is 12.5. The van der Waals surface area contributed by atoms with Gasteiger partial charge in [0.15, 0.2) is 0 Å². The first kappa shape index (κ1) is 13.5. The SMILES string of the molecule is COCCN(CCN)C(=O)Nc1ccccc1. The van der Waals surface area contributed by atoms with Crippen LogP contribution in [0.15, 0.2) is 30.3 Å². The molecule has 0 fully saturated rings. The highest BCUT2D eigenvalue weighted by Gasteiger charge is 2.11. The average Bonchev–Trinajstić information content (AvgIpc) is 2.35. The van der Waals surface area contributed by atoms with Gasteiger partial charge in [-0.05, 0) is 12.1 Å². The number of urea groups is 1. The highest BCUT2D eigenvalue weighted by atomic mass is 16.5. The number of carbonyl (C=O) groups excluding carboxylic acids is 1. The van der Waals surface area contributed by atoms with Crippen molar-refractivity contribution in [3.63, 3.8) is 0 Å². The lowest BCUT2D eigenvalue weighted by Gasteiger charge is -2.22. The molecule has 0 unspecified atom stereocenters. The molecule has 0 heterocycles. The Morgan fingerprint density at radius 1 is 1.35 bits per heavy atom. The number of benzene rings is 1. The van der Waals surface area contributed by atoms with Crippen LogP contribution in [-0.4, -0.2) is 44.3 Å². The lowest BCUT2D eigenvalue weighted by molar-refractivity contribution is 0.156. The van der Waals surface area contributed by atoms with Crippen molar-refractivity contribution in [2.75, 3.05) is 38.7 Å². The maximum Gasteiger partial charge on any atom is 0.321 e. The predicted octanol–water partition coefficient (Wildman–Crippen LogP) is 1.13. The molecule has 1 rings (SSSR count). The number of hydrogen-bond acceptors (Lipinski definition) is 3. The number of anilines is 1. The summed E-state index contributed by atoms with van der Waals surface area (Å²) in [6.45, 7) is 1.99. The molecular weight excluding hydrogens is 218 g/mol. The second-order valence-electron chi connectivity index (χ2n) is 3.56. The minimum Gasteiger partial charge on any atom is -0.383 e. The van der Waals surface area contributed by atoms with Gasteiger partial charge in [0.05, 0.1) is 6.61 Å². The van der Waals surface area contributed by atoms with Crippen LogP contribution in [0.4, 0.5) is 10.5 Å². The Morgan fingerprint density at radius 2 is 2.06 bits per heavy atom. The van der Waals surface area contributed by atoms with Crippen LogP contribution in [0.5, 0.6) is 0 Å². The van der Waals surface area contributed by atoms with Gasteiger partial charge in [-0.3, -0.25) is 0 Å². The van der Waals surface area contributed by atoms with E-state index in [0.29, 0.717) is 26.2 Å². The van der Waals surface area contributed by atoms with E-state index < -0.39 is 0 Å². The Bertz CT molecular complexity index is 330. The molecule has 1 aromatic carbocycles. The minimum atomic E-state index is -0.154. The number of amides is 2. The van der Waals surface area contributed by atoms with Gasteiger partial charge in [0, 0.05) is 32.4 Å².